The van der Waals surface area contributed by atoms with Gasteiger partial charge in [-0.25, -0.2) is 0 Å². The SMILES string of the molecule is CCCCCCCCCCCCCCCCCC(=O)OCCCCCCCCCCCCCCCCCCC(=O)CCCCCCCCCCCCCCC(C)C. The summed E-state index contributed by atoms with van der Waals surface area (Å²) in [6.45, 7) is 7.58. The summed E-state index contributed by atoms with van der Waals surface area (Å²) in [6, 6.07) is 0. The average molecular weight is 803 g/mol. The molecule has 0 saturated carbocycles. The van der Waals surface area contributed by atoms with Crippen molar-refractivity contribution in [3.63, 3.8) is 0 Å². The van der Waals surface area contributed by atoms with Crippen LogP contribution in [0.5, 0.6) is 0 Å². The van der Waals surface area contributed by atoms with Crippen LogP contribution >= 0.6 is 0 Å². The third-order valence-corrected chi connectivity index (χ3v) is 12.6. The molecule has 0 unspecified atom stereocenters. The molecule has 0 saturated heterocycles. The van der Waals surface area contributed by atoms with Crippen LogP contribution in [-0.4, -0.2) is 18.4 Å². The van der Waals surface area contributed by atoms with Crippen LogP contribution in [0.25, 0.3) is 0 Å². The van der Waals surface area contributed by atoms with Gasteiger partial charge in [0.2, 0.25) is 0 Å². The minimum Gasteiger partial charge on any atom is -0.466 e. The molecule has 0 radical (unpaired) electrons. The summed E-state index contributed by atoms with van der Waals surface area (Å²) < 4.78 is 5.48. The smallest absolute Gasteiger partial charge is 0.305 e. The summed E-state index contributed by atoms with van der Waals surface area (Å²) in [7, 11) is 0. The van der Waals surface area contributed by atoms with E-state index >= 15 is 0 Å². The summed E-state index contributed by atoms with van der Waals surface area (Å²) >= 11 is 0. The number of carbonyl (C=O) groups excluding carboxylic acids is 2. The molecule has 3 heteroatoms. The lowest BCUT2D eigenvalue weighted by Crippen LogP contribution is -2.05. The van der Waals surface area contributed by atoms with Gasteiger partial charge in [0.25, 0.3) is 0 Å². The molecule has 0 aliphatic carbocycles. The number of hydrogen-bond donors (Lipinski definition) is 0. The second-order valence-corrected chi connectivity index (χ2v) is 19.0. The Kier molecular flexibility index (Phi) is 48.8. The van der Waals surface area contributed by atoms with Crippen molar-refractivity contribution in [2.45, 2.75) is 323 Å². The Morgan fingerprint density at radius 3 is 0.860 bits per heavy atom. The molecular weight excluding hydrogens is 697 g/mol. The van der Waals surface area contributed by atoms with Gasteiger partial charge in [-0.05, 0) is 31.6 Å². The zero-order valence-corrected chi connectivity index (χ0v) is 39.7. The number of ketones is 1. The lowest BCUT2D eigenvalue weighted by molar-refractivity contribution is -0.143. The van der Waals surface area contributed by atoms with Crippen molar-refractivity contribution >= 4 is 11.8 Å². The number of esters is 1. The Morgan fingerprint density at radius 1 is 0.316 bits per heavy atom. The van der Waals surface area contributed by atoms with E-state index in [0.717, 1.165) is 44.4 Å². The molecule has 0 heterocycles. The molecule has 0 rings (SSSR count). The van der Waals surface area contributed by atoms with Gasteiger partial charge in [-0.3, -0.25) is 9.59 Å². The minimum absolute atomic E-state index is 0.0214. The molecule has 0 aliphatic rings. The quantitative estimate of drug-likeness (QED) is 0.0454. The predicted molar refractivity (Wildman–Crippen MR) is 253 cm³/mol. The minimum atomic E-state index is 0.0214. The maximum Gasteiger partial charge on any atom is 0.305 e. The Labute approximate surface area is 360 Å². The second-order valence-electron chi connectivity index (χ2n) is 19.0. The maximum absolute atomic E-state index is 12.3. The monoisotopic (exact) mass is 803 g/mol. The number of ether oxygens (including phenoxy) is 1. The van der Waals surface area contributed by atoms with E-state index in [4.69, 9.17) is 4.74 Å². The standard InChI is InChI=1S/C54H106O3/c1-4-5-6-7-8-9-10-11-14-18-25-30-35-40-45-50-54(56)57-51-46-41-36-31-26-21-16-13-12-15-17-23-28-33-38-43-48-53(55)49-44-39-34-29-24-20-19-22-27-32-37-42-47-52(2)3/h52H,4-51H2,1-3H3. The van der Waals surface area contributed by atoms with Crippen molar-refractivity contribution in [2.75, 3.05) is 6.61 Å². The summed E-state index contributed by atoms with van der Waals surface area (Å²) in [5, 5.41) is 0. The van der Waals surface area contributed by atoms with E-state index in [-0.39, 0.29) is 5.97 Å². The number of unbranched alkanes of at least 4 members (excludes halogenated alkanes) is 40. The van der Waals surface area contributed by atoms with E-state index in [9.17, 15) is 9.59 Å². The van der Waals surface area contributed by atoms with Crippen LogP contribution in [0, 0.1) is 5.92 Å². The molecule has 0 aromatic rings. The lowest BCUT2D eigenvalue weighted by Gasteiger charge is -2.06. The van der Waals surface area contributed by atoms with Crippen molar-refractivity contribution in [1.29, 1.82) is 0 Å². The first-order valence-electron chi connectivity index (χ1n) is 26.7. The Bertz CT molecular complexity index is 775. The van der Waals surface area contributed by atoms with Crippen LogP contribution in [0.2, 0.25) is 0 Å². The highest BCUT2D eigenvalue weighted by Crippen LogP contribution is 2.18. The Balaban J connectivity index is 3.20. The molecule has 0 aromatic heterocycles. The highest BCUT2D eigenvalue weighted by atomic mass is 16.5. The van der Waals surface area contributed by atoms with Gasteiger partial charge in [-0.15, -0.1) is 0 Å². The number of Topliss-reactive ketones (excluding diaryl/α,β-unsaturated/α-hetero) is 1. The van der Waals surface area contributed by atoms with E-state index in [2.05, 4.69) is 20.8 Å². The topological polar surface area (TPSA) is 43.4 Å². The first kappa shape index (κ1) is 56.1. The van der Waals surface area contributed by atoms with Crippen molar-refractivity contribution < 1.29 is 14.3 Å². The summed E-state index contributed by atoms with van der Waals surface area (Å²) in [5.41, 5.74) is 0. The highest BCUT2D eigenvalue weighted by Gasteiger charge is 2.04. The van der Waals surface area contributed by atoms with Crippen LogP contribution in [0.15, 0.2) is 0 Å². The molecular formula is C54H106O3. The molecule has 0 aromatic carbocycles. The molecule has 0 amide bonds. The molecule has 3 nitrogen and oxygen atoms in total. The fourth-order valence-electron chi connectivity index (χ4n) is 8.57. The third kappa shape index (κ3) is 51.2. The van der Waals surface area contributed by atoms with Crippen molar-refractivity contribution in [3.8, 4) is 0 Å². The number of hydrogen-bond acceptors (Lipinski definition) is 3. The Morgan fingerprint density at radius 2 is 0.561 bits per heavy atom. The van der Waals surface area contributed by atoms with E-state index < -0.39 is 0 Å². The van der Waals surface area contributed by atoms with Crippen LogP contribution in [0.3, 0.4) is 0 Å². The predicted octanol–water partition coefficient (Wildman–Crippen LogP) is 19.1. The van der Waals surface area contributed by atoms with Gasteiger partial charge in [0.15, 0.2) is 0 Å². The molecule has 57 heavy (non-hydrogen) atoms. The molecule has 0 fully saturated rings. The molecule has 0 N–H and O–H groups in total. The number of rotatable bonds is 50. The van der Waals surface area contributed by atoms with Crippen LogP contribution in [0.4, 0.5) is 0 Å². The lowest BCUT2D eigenvalue weighted by atomic mass is 10.0. The number of carbonyl (C=O) groups is 2. The van der Waals surface area contributed by atoms with Gasteiger partial charge in [-0.1, -0.05) is 278 Å². The van der Waals surface area contributed by atoms with Gasteiger partial charge < -0.3 is 4.74 Å². The Hall–Kier alpha value is -0.860. The third-order valence-electron chi connectivity index (χ3n) is 12.6. The van der Waals surface area contributed by atoms with E-state index in [1.807, 2.05) is 0 Å². The average Bonchev–Trinajstić information content (AvgIpc) is 3.20. The molecule has 0 bridgehead atoms. The summed E-state index contributed by atoms with van der Waals surface area (Å²) in [5.74, 6) is 1.41. The van der Waals surface area contributed by atoms with E-state index in [1.54, 1.807) is 0 Å². The zero-order valence-electron chi connectivity index (χ0n) is 39.7. The van der Waals surface area contributed by atoms with Crippen molar-refractivity contribution in [2.24, 2.45) is 5.92 Å². The van der Waals surface area contributed by atoms with E-state index in [0.29, 0.717) is 18.8 Å². The molecule has 0 atom stereocenters. The first-order valence-corrected chi connectivity index (χ1v) is 26.7. The molecule has 0 aliphatic heterocycles. The maximum atomic E-state index is 12.3. The van der Waals surface area contributed by atoms with Gasteiger partial charge in [0, 0.05) is 19.3 Å². The molecule has 340 valence electrons. The van der Waals surface area contributed by atoms with Crippen molar-refractivity contribution in [3.05, 3.63) is 0 Å². The molecule has 0 spiro atoms. The van der Waals surface area contributed by atoms with Gasteiger partial charge >= 0.3 is 5.97 Å². The van der Waals surface area contributed by atoms with E-state index in [1.165, 1.54) is 257 Å². The van der Waals surface area contributed by atoms with Crippen LogP contribution < -0.4 is 0 Å². The summed E-state index contributed by atoms with van der Waals surface area (Å²) in [6.07, 6.45) is 61.4. The van der Waals surface area contributed by atoms with Gasteiger partial charge in [-0.2, -0.15) is 0 Å². The summed E-state index contributed by atoms with van der Waals surface area (Å²) in [4.78, 5) is 24.3. The van der Waals surface area contributed by atoms with Gasteiger partial charge in [0.1, 0.15) is 5.78 Å². The first-order chi connectivity index (χ1) is 28.1. The fraction of sp³-hybridized carbons (Fsp3) is 0.963. The normalized spacial score (nSPS) is 11.6. The van der Waals surface area contributed by atoms with Gasteiger partial charge in [0.05, 0.1) is 6.61 Å². The second kappa shape index (κ2) is 49.5. The largest absolute Gasteiger partial charge is 0.466 e. The van der Waals surface area contributed by atoms with Crippen molar-refractivity contribution in [1.82, 2.24) is 0 Å². The van der Waals surface area contributed by atoms with Crippen LogP contribution in [0.1, 0.15) is 323 Å². The van der Waals surface area contributed by atoms with Crippen LogP contribution in [-0.2, 0) is 14.3 Å². The fourth-order valence-corrected chi connectivity index (χ4v) is 8.57. The highest BCUT2D eigenvalue weighted by molar-refractivity contribution is 5.78. The zero-order chi connectivity index (χ0) is 41.4.